The molecule has 3 N–H and O–H groups in total. The highest BCUT2D eigenvalue weighted by Crippen LogP contribution is 2.19. The van der Waals surface area contributed by atoms with Crippen molar-refractivity contribution in [3.63, 3.8) is 0 Å². The Balaban J connectivity index is 2.10. The summed E-state index contributed by atoms with van der Waals surface area (Å²) in [4.78, 5) is 15.5. The van der Waals surface area contributed by atoms with Gasteiger partial charge in [0, 0.05) is 24.2 Å². The predicted molar refractivity (Wildman–Crippen MR) is 66.7 cm³/mol. The molecule has 0 atom stereocenters. The molecule has 17 heavy (non-hydrogen) atoms. The molecule has 6 nitrogen and oxygen atoms in total. The standard InChI is InChI=1S/C10H13N5OS/c1-2-15-9(16)13-14-10(15)17-6-8-5-7(11)3-4-12-8/h3-5H,2,6H2,1H3,(H2,11,12)(H,13,16). The number of thioether (sulfide) groups is 1. The molecule has 0 radical (unpaired) electrons. The number of hydrogen-bond donors (Lipinski definition) is 2. The average molecular weight is 251 g/mol. The molecule has 0 aromatic carbocycles. The highest BCUT2D eigenvalue weighted by Gasteiger charge is 2.07. The summed E-state index contributed by atoms with van der Waals surface area (Å²) < 4.78 is 1.58. The van der Waals surface area contributed by atoms with Crippen molar-refractivity contribution in [2.45, 2.75) is 24.4 Å². The van der Waals surface area contributed by atoms with Crippen LogP contribution in [0.4, 0.5) is 5.69 Å². The van der Waals surface area contributed by atoms with E-state index in [2.05, 4.69) is 15.2 Å². The van der Waals surface area contributed by atoms with Gasteiger partial charge in [0.15, 0.2) is 5.16 Å². The van der Waals surface area contributed by atoms with Crippen LogP contribution in [-0.2, 0) is 12.3 Å². The molecule has 0 bridgehead atoms. The normalized spacial score (nSPS) is 10.6. The zero-order valence-corrected chi connectivity index (χ0v) is 10.2. The number of nitrogens with two attached hydrogens (primary N) is 1. The molecule has 0 spiro atoms. The summed E-state index contributed by atoms with van der Waals surface area (Å²) >= 11 is 1.46. The predicted octanol–water partition coefficient (Wildman–Crippen LogP) is 0.861. The molecule has 0 aliphatic heterocycles. The maximum absolute atomic E-state index is 11.3. The average Bonchev–Trinajstić information content (AvgIpc) is 2.67. The van der Waals surface area contributed by atoms with Crippen molar-refractivity contribution in [3.8, 4) is 0 Å². The van der Waals surface area contributed by atoms with Crippen molar-refractivity contribution in [2.75, 3.05) is 5.73 Å². The molecule has 2 heterocycles. The Kier molecular flexibility index (Phi) is 3.48. The molecule has 2 aromatic heterocycles. The Morgan fingerprint density at radius 3 is 3.12 bits per heavy atom. The Morgan fingerprint density at radius 1 is 1.59 bits per heavy atom. The second kappa shape index (κ2) is 5.05. The lowest BCUT2D eigenvalue weighted by atomic mass is 10.3. The maximum Gasteiger partial charge on any atom is 0.343 e. The van der Waals surface area contributed by atoms with Crippen LogP contribution in [0.5, 0.6) is 0 Å². The number of H-pyrrole nitrogens is 1. The molecule has 0 amide bonds. The van der Waals surface area contributed by atoms with Gasteiger partial charge in [-0.2, -0.15) is 0 Å². The van der Waals surface area contributed by atoms with Crippen LogP contribution in [0.3, 0.4) is 0 Å². The molecule has 7 heteroatoms. The number of hydrogen-bond acceptors (Lipinski definition) is 5. The van der Waals surface area contributed by atoms with Crippen LogP contribution in [0.15, 0.2) is 28.3 Å². The number of nitrogens with one attached hydrogen (secondary N) is 1. The van der Waals surface area contributed by atoms with E-state index in [-0.39, 0.29) is 5.69 Å². The first-order valence-corrected chi connectivity index (χ1v) is 6.17. The second-order valence-corrected chi connectivity index (χ2v) is 4.37. The van der Waals surface area contributed by atoms with Crippen molar-refractivity contribution in [1.82, 2.24) is 19.7 Å². The summed E-state index contributed by atoms with van der Waals surface area (Å²) in [5, 5.41) is 7.05. The highest BCUT2D eigenvalue weighted by molar-refractivity contribution is 7.98. The summed E-state index contributed by atoms with van der Waals surface area (Å²) in [6, 6.07) is 3.55. The first kappa shape index (κ1) is 11.7. The molecule has 0 saturated heterocycles. The monoisotopic (exact) mass is 251 g/mol. The van der Waals surface area contributed by atoms with E-state index in [1.807, 2.05) is 13.0 Å². The summed E-state index contributed by atoms with van der Waals surface area (Å²) in [5.74, 6) is 0.634. The SMILES string of the molecule is CCn1c(SCc2cc(N)ccn2)n[nH]c1=O. The van der Waals surface area contributed by atoms with Gasteiger partial charge in [-0.05, 0) is 19.1 Å². The van der Waals surface area contributed by atoms with Crippen LogP contribution in [0.25, 0.3) is 0 Å². The van der Waals surface area contributed by atoms with Gasteiger partial charge in [0.2, 0.25) is 0 Å². The number of aromatic nitrogens is 4. The second-order valence-electron chi connectivity index (χ2n) is 3.42. The third-order valence-corrected chi connectivity index (χ3v) is 3.24. The number of anilines is 1. The zero-order valence-electron chi connectivity index (χ0n) is 9.38. The van der Waals surface area contributed by atoms with Gasteiger partial charge < -0.3 is 5.73 Å². The number of aromatic amines is 1. The lowest BCUT2D eigenvalue weighted by Crippen LogP contribution is -2.16. The van der Waals surface area contributed by atoms with Crippen molar-refractivity contribution >= 4 is 17.4 Å². The molecule has 0 saturated carbocycles. The van der Waals surface area contributed by atoms with Gasteiger partial charge in [-0.3, -0.25) is 9.55 Å². The van der Waals surface area contributed by atoms with E-state index < -0.39 is 0 Å². The molecule has 90 valence electrons. The minimum absolute atomic E-state index is 0.185. The number of rotatable bonds is 4. The van der Waals surface area contributed by atoms with Gasteiger partial charge in [-0.15, -0.1) is 5.10 Å². The Labute approximate surface area is 102 Å². The largest absolute Gasteiger partial charge is 0.399 e. The fourth-order valence-corrected chi connectivity index (χ4v) is 2.32. The van der Waals surface area contributed by atoms with Crippen LogP contribution >= 0.6 is 11.8 Å². The van der Waals surface area contributed by atoms with E-state index in [9.17, 15) is 4.79 Å². The van der Waals surface area contributed by atoms with Gasteiger partial charge in [0.05, 0.1) is 5.69 Å². The van der Waals surface area contributed by atoms with Crippen LogP contribution in [-0.4, -0.2) is 19.7 Å². The van der Waals surface area contributed by atoms with Crippen molar-refractivity contribution in [3.05, 3.63) is 34.5 Å². The Hall–Kier alpha value is -1.76. The minimum Gasteiger partial charge on any atom is -0.399 e. The number of pyridine rings is 1. The lowest BCUT2D eigenvalue weighted by Gasteiger charge is -2.02. The third-order valence-electron chi connectivity index (χ3n) is 2.23. The topological polar surface area (TPSA) is 89.6 Å². The molecule has 2 rings (SSSR count). The van der Waals surface area contributed by atoms with E-state index >= 15 is 0 Å². The van der Waals surface area contributed by atoms with Crippen LogP contribution < -0.4 is 11.4 Å². The fraction of sp³-hybridized carbons (Fsp3) is 0.300. The fourth-order valence-electron chi connectivity index (χ4n) is 1.41. The highest BCUT2D eigenvalue weighted by atomic mass is 32.2. The van der Waals surface area contributed by atoms with Gasteiger partial charge in [-0.25, -0.2) is 9.89 Å². The van der Waals surface area contributed by atoms with Gasteiger partial charge >= 0.3 is 5.69 Å². The summed E-state index contributed by atoms with van der Waals surface area (Å²) in [6.45, 7) is 2.50. The summed E-state index contributed by atoms with van der Waals surface area (Å²) in [5.41, 5.74) is 7.03. The molecule has 0 unspecified atom stereocenters. The number of nitrogen functional groups attached to an aromatic ring is 1. The molecular formula is C10H13N5OS. The van der Waals surface area contributed by atoms with Crippen molar-refractivity contribution in [2.24, 2.45) is 0 Å². The van der Waals surface area contributed by atoms with Crippen molar-refractivity contribution < 1.29 is 0 Å². The molecule has 0 aliphatic rings. The van der Waals surface area contributed by atoms with Gasteiger partial charge in [0.1, 0.15) is 0 Å². The first-order chi connectivity index (χ1) is 8.20. The maximum atomic E-state index is 11.3. The summed E-state index contributed by atoms with van der Waals surface area (Å²) in [7, 11) is 0. The van der Waals surface area contributed by atoms with E-state index in [1.165, 1.54) is 11.8 Å². The third kappa shape index (κ3) is 2.68. The minimum atomic E-state index is -0.185. The van der Waals surface area contributed by atoms with E-state index in [1.54, 1.807) is 16.8 Å². The molecule has 0 aliphatic carbocycles. The van der Waals surface area contributed by atoms with Crippen LogP contribution in [0, 0.1) is 0 Å². The smallest absolute Gasteiger partial charge is 0.343 e. The Morgan fingerprint density at radius 2 is 2.41 bits per heavy atom. The van der Waals surface area contributed by atoms with Crippen LogP contribution in [0.1, 0.15) is 12.6 Å². The number of nitrogens with zero attached hydrogens (tertiary/aromatic N) is 3. The van der Waals surface area contributed by atoms with Gasteiger partial charge in [-0.1, -0.05) is 11.8 Å². The summed E-state index contributed by atoms with van der Waals surface area (Å²) in [6.07, 6.45) is 1.67. The molecule has 2 aromatic rings. The van der Waals surface area contributed by atoms with Gasteiger partial charge in [0.25, 0.3) is 0 Å². The quantitative estimate of drug-likeness (QED) is 0.787. The first-order valence-electron chi connectivity index (χ1n) is 5.19. The van der Waals surface area contributed by atoms with Crippen molar-refractivity contribution in [1.29, 1.82) is 0 Å². The lowest BCUT2D eigenvalue weighted by molar-refractivity contribution is 0.660. The molecular weight excluding hydrogens is 238 g/mol. The van der Waals surface area contributed by atoms with Crippen LogP contribution in [0.2, 0.25) is 0 Å². The van der Waals surface area contributed by atoms with E-state index in [4.69, 9.17) is 5.73 Å². The molecule has 0 fully saturated rings. The zero-order chi connectivity index (χ0) is 12.3. The van der Waals surface area contributed by atoms with E-state index in [0.29, 0.717) is 23.1 Å². The van der Waals surface area contributed by atoms with E-state index in [0.717, 1.165) is 5.69 Å². The Bertz CT molecular complexity index is 562.